The number of benzene rings is 2. The van der Waals surface area contributed by atoms with Gasteiger partial charge in [0.15, 0.2) is 5.13 Å². The third-order valence-electron chi connectivity index (χ3n) is 4.32. The van der Waals surface area contributed by atoms with Gasteiger partial charge < -0.3 is 14.6 Å². The van der Waals surface area contributed by atoms with Gasteiger partial charge in [-0.2, -0.15) is 0 Å². The standard InChI is InChI=1S/C22H19N3O3S/c1-14-8-10-17(11-9-14)23-22-24-18(13-29-22)12-27-21(26)19-15(2)28-25-20(19)16-6-4-3-5-7-16/h3-11,13H,12H2,1-2H3,(H,23,24). The molecule has 0 radical (unpaired) electrons. The lowest BCUT2D eigenvalue weighted by Crippen LogP contribution is -2.07. The number of carbonyl (C=O) groups is 1. The van der Waals surface area contributed by atoms with Crippen molar-refractivity contribution in [1.29, 1.82) is 0 Å². The molecule has 1 N–H and O–H groups in total. The number of aromatic nitrogens is 2. The molecule has 0 aliphatic carbocycles. The quantitative estimate of drug-likeness (QED) is 0.426. The van der Waals surface area contributed by atoms with Gasteiger partial charge in [0.1, 0.15) is 23.6 Å². The second-order valence-electron chi connectivity index (χ2n) is 6.54. The second kappa shape index (κ2) is 8.28. The molecule has 146 valence electrons. The molecular weight excluding hydrogens is 386 g/mol. The van der Waals surface area contributed by atoms with Crippen LogP contribution in [0.25, 0.3) is 11.3 Å². The average Bonchev–Trinajstić information content (AvgIpc) is 3.35. The first-order valence-corrected chi connectivity index (χ1v) is 9.95. The van der Waals surface area contributed by atoms with Gasteiger partial charge in [-0.05, 0) is 26.0 Å². The molecule has 2 aromatic heterocycles. The van der Waals surface area contributed by atoms with Crippen LogP contribution in [0.4, 0.5) is 10.8 Å². The van der Waals surface area contributed by atoms with Crippen molar-refractivity contribution in [1.82, 2.24) is 10.1 Å². The first kappa shape index (κ1) is 18.9. The van der Waals surface area contributed by atoms with E-state index in [0.29, 0.717) is 22.7 Å². The maximum atomic E-state index is 12.7. The highest BCUT2D eigenvalue weighted by molar-refractivity contribution is 7.13. The normalized spacial score (nSPS) is 10.7. The molecule has 0 atom stereocenters. The zero-order valence-corrected chi connectivity index (χ0v) is 16.8. The van der Waals surface area contributed by atoms with E-state index in [0.717, 1.165) is 16.4 Å². The fraction of sp³-hybridized carbons (Fsp3) is 0.136. The van der Waals surface area contributed by atoms with Gasteiger partial charge in [-0.15, -0.1) is 11.3 Å². The molecule has 0 bridgehead atoms. The second-order valence-corrected chi connectivity index (χ2v) is 7.40. The number of carbonyl (C=O) groups excluding carboxylic acids is 1. The summed E-state index contributed by atoms with van der Waals surface area (Å²) in [5.41, 5.74) is 4.45. The van der Waals surface area contributed by atoms with Crippen LogP contribution in [-0.2, 0) is 11.3 Å². The van der Waals surface area contributed by atoms with Gasteiger partial charge in [-0.25, -0.2) is 9.78 Å². The number of hydrogen-bond donors (Lipinski definition) is 1. The Labute approximate surface area is 172 Å². The molecule has 0 spiro atoms. The number of anilines is 2. The first-order valence-electron chi connectivity index (χ1n) is 9.07. The molecule has 0 saturated carbocycles. The Morgan fingerprint density at radius 2 is 1.86 bits per heavy atom. The molecule has 7 heteroatoms. The topological polar surface area (TPSA) is 77.3 Å². The van der Waals surface area contributed by atoms with E-state index in [4.69, 9.17) is 9.26 Å². The molecule has 4 rings (SSSR count). The van der Waals surface area contributed by atoms with E-state index in [1.54, 1.807) is 6.92 Å². The summed E-state index contributed by atoms with van der Waals surface area (Å²) in [6, 6.07) is 17.5. The van der Waals surface area contributed by atoms with Crippen LogP contribution in [0.15, 0.2) is 64.5 Å². The lowest BCUT2D eigenvalue weighted by Gasteiger charge is -2.04. The van der Waals surface area contributed by atoms with Gasteiger partial charge in [0, 0.05) is 16.6 Å². The Morgan fingerprint density at radius 3 is 2.62 bits per heavy atom. The molecule has 6 nitrogen and oxygen atoms in total. The van der Waals surface area contributed by atoms with E-state index < -0.39 is 5.97 Å². The molecule has 2 heterocycles. The summed E-state index contributed by atoms with van der Waals surface area (Å²) < 4.78 is 10.7. The molecule has 0 aliphatic rings. The molecule has 0 unspecified atom stereocenters. The van der Waals surface area contributed by atoms with E-state index in [9.17, 15) is 4.79 Å². The number of rotatable bonds is 6. The summed E-state index contributed by atoms with van der Waals surface area (Å²) in [5.74, 6) is -0.0579. The molecule has 0 aliphatic heterocycles. The third kappa shape index (κ3) is 4.35. The number of hydrogen-bond acceptors (Lipinski definition) is 7. The van der Waals surface area contributed by atoms with Crippen molar-refractivity contribution in [2.45, 2.75) is 20.5 Å². The molecule has 0 amide bonds. The molecule has 4 aromatic rings. The van der Waals surface area contributed by atoms with Crippen molar-refractivity contribution in [2.75, 3.05) is 5.32 Å². The Morgan fingerprint density at radius 1 is 1.10 bits per heavy atom. The summed E-state index contributed by atoms with van der Waals surface area (Å²) >= 11 is 1.46. The minimum atomic E-state index is -0.483. The Bertz CT molecular complexity index is 1120. The number of ether oxygens (including phenoxy) is 1. The highest BCUT2D eigenvalue weighted by Crippen LogP contribution is 2.26. The van der Waals surface area contributed by atoms with Crippen molar-refractivity contribution >= 4 is 28.1 Å². The Kier molecular flexibility index (Phi) is 5.39. The summed E-state index contributed by atoms with van der Waals surface area (Å²) in [7, 11) is 0. The van der Waals surface area contributed by atoms with E-state index in [2.05, 4.69) is 15.5 Å². The van der Waals surface area contributed by atoms with Crippen LogP contribution >= 0.6 is 11.3 Å². The number of thiazole rings is 1. The van der Waals surface area contributed by atoms with E-state index in [-0.39, 0.29) is 6.61 Å². The average molecular weight is 405 g/mol. The number of nitrogens with one attached hydrogen (secondary N) is 1. The van der Waals surface area contributed by atoms with Crippen molar-refractivity contribution in [2.24, 2.45) is 0 Å². The molecule has 0 saturated heterocycles. The third-order valence-corrected chi connectivity index (χ3v) is 5.13. The van der Waals surface area contributed by atoms with E-state index in [1.807, 2.05) is 66.9 Å². The van der Waals surface area contributed by atoms with Crippen molar-refractivity contribution in [3.63, 3.8) is 0 Å². The van der Waals surface area contributed by atoms with Gasteiger partial charge in [-0.1, -0.05) is 53.2 Å². The maximum absolute atomic E-state index is 12.7. The fourth-order valence-electron chi connectivity index (χ4n) is 2.81. The largest absolute Gasteiger partial charge is 0.455 e. The molecule has 2 aromatic carbocycles. The monoisotopic (exact) mass is 405 g/mol. The summed E-state index contributed by atoms with van der Waals surface area (Å²) in [4.78, 5) is 17.1. The number of esters is 1. The fourth-order valence-corrected chi connectivity index (χ4v) is 3.52. The van der Waals surface area contributed by atoms with E-state index in [1.165, 1.54) is 16.9 Å². The van der Waals surface area contributed by atoms with Gasteiger partial charge >= 0.3 is 5.97 Å². The maximum Gasteiger partial charge on any atom is 0.344 e. The molecule has 29 heavy (non-hydrogen) atoms. The van der Waals surface area contributed by atoms with Crippen LogP contribution in [0.5, 0.6) is 0 Å². The molecule has 0 fully saturated rings. The van der Waals surface area contributed by atoms with Gasteiger partial charge in [0.05, 0.1) is 5.69 Å². The number of aryl methyl sites for hydroxylation is 2. The highest BCUT2D eigenvalue weighted by Gasteiger charge is 2.23. The minimum Gasteiger partial charge on any atom is -0.455 e. The molecular formula is C22H19N3O3S. The summed E-state index contributed by atoms with van der Waals surface area (Å²) in [6.45, 7) is 3.81. The van der Waals surface area contributed by atoms with Crippen LogP contribution < -0.4 is 5.32 Å². The minimum absolute atomic E-state index is 0.0732. The van der Waals surface area contributed by atoms with Crippen molar-refractivity contribution < 1.29 is 14.1 Å². The van der Waals surface area contributed by atoms with E-state index >= 15 is 0 Å². The zero-order chi connectivity index (χ0) is 20.2. The predicted molar refractivity (Wildman–Crippen MR) is 112 cm³/mol. The lowest BCUT2D eigenvalue weighted by molar-refractivity contribution is 0.0467. The van der Waals surface area contributed by atoms with Crippen LogP contribution in [0.3, 0.4) is 0 Å². The van der Waals surface area contributed by atoms with Gasteiger partial charge in [0.2, 0.25) is 0 Å². The highest BCUT2D eigenvalue weighted by atomic mass is 32.1. The SMILES string of the molecule is Cc1ccc(Nc2nc(COC(=O)c3c(-c4ccccc4)noc3C)cs2)cc1. The van der Waals surface area contributed by atoms with Crippen LogP contribution in [0, 0.1) is 13.8 Å². The first-order chi connectivity index (χ1) is 14.1. The van der Waals surface area contributed by atoms with Crippen molar-refractivity contribution in [3.8, 4) is 11.3 Å². The van der Waals surface area contributed by atoms with Gasteiger partial charge in [-0.3, -0.25) is 0 Å². The van der Waals surface area contributed by atoms with Crippen LogP contribution in [-0.4, -0.2) is 16.1 Å². The lowest BCUT2D eigenvalue weighted by atomic mass is 10.1. The van der Waals surface area contributed by atoms with Crippen LogP contribution in [0.1, 0.15) is 27.4 Å². The Balaban J connectivity index is 1.43. The summed E-state index contributed by atoms with van der Waals surface area (Å²) in [5, 5.41) is 9.87. The van der Waals surface area contributed by atoms with Crippen LogP contribution in [0.2, 0.25) is 0 Å². The number of nitrogens with zero attached hydrogens (tertiary/aromatic N) is 2. The predicted octanol–water partition coefficient (Wildman–Crippen LogP) is 5.52. The summed E-state index contributed by atoms with van der Waals surface area (Å²) in [6.07, 6.45) is 0. The van der Waals surface area contributed by atoms with Crippen molar-refractivity contribution in [3.05, 3.63) is 82.6 Å². The Hall–Kier alpha value is -3.45. The zero-order valence-electron chi connectivity index (χ0n) is 16.0. The smallest absolute Gasteiger partial charge is 0.344 e. The van der Waals surface area contributed by atoms with Gasteiger partial charge in [0.25, 0.3) is 0 Å².